The van der Waals surface area contributed by atoms with Crippen LogP contribution in [-0.4, -0.2) is 24.5 Å². The molecule has 1 heterocycles. The van der Waals surface area contributed by atoms with Crippen LogP contribution >= 0.6 is 23.5 Å². The van der Waals surface area contributed by atoms with Gasteiger partial charge >= 0.3 is 0 Å². The van der Waals surface area contributed by atoms with Crippen LogP contribution in [0.5, 0.6) is 5.75 Å². The standard InChI is InChI=1S/C25H25NO2S2/c1-28-22-14-12-19(13-15-22)23(18-6-3-2-4-7-18)26-24(27)20-8-10-21(11-9-20)25-29-16-5-17-30-25/h2-4,6-15,23,25H,5,16-17H2,1H3,(H,26,27). The number of carbonyl (C=O) groups is 1. The second-order valence-corrected chi connectivity index (χ2v) is 9.86. The molecule has 0 aromatic heterocycles. The molecule has 1 aliphatic rings. The Morgan fingerprint density at radius 3 is 2.17 bits per heavy atom. The average Bonchev–Trinajstić information content (AvgIpc) is 2.84. The molecular formula is C25H25NO2S2. The summed E-state index contributed by atoms with van der Waals surface area (Å²) in [7, 11) is 1.65. The van der Waals surface area contributed by atoms with Gasteiger partial charge in [-0.15, -0.1) is 23.5 Å². The molecule has 5 heteroatoms. The molecule has 1 aliphatic heterocycles. The van der Waals surface area contributed by atoms with Gasteiger partial charge in [0, 0.05) is 5.56 Å². The Morgan fingerprint density at radius 1 is 0.900 bits per heavy atom. The molecule has 0 saturated carbocycles. The number of hydrogen-bond donors (Lipinski definition) is 1. The summed E-state index contributed by atoms with van der Waals surface area (Å²) in [5.41, 5.74) is 4.03. The topological polar surface area (TPSA) is 38.3 Å². The lowest BCUT2D eigenvalue weighted by Crippen LogP contribution is -2.29. The summed E-state index contributed by atoms with van der Waals surface area (Å²) < 4.78 is 5.75. The molecule has 3 aromatic rings. The van der Waals surface area contributed by atoms with Crippen LogP contribution in [0, 0.1) is 0 Å². The number of nitrogens with one attached hydrogen (secondary N) is 1. The molecule has 0 spiro atoms. The van der Waals surface area contributed by atoms with E-state index in [0.717, 1.165) is 16.9 Å². The van der Waals surface area contributed by atoms with Crippen LogP contribution in [0.25, 0.3) is 0 Å². The van der Waals surface area contributed by atoms with Gasteiger partial charge in [-0.2, -0.15) is 0 Å². The minimum Gasteiger partial charge on any atom is -0.497 e. The molecule has 1 saturated heterocycles. The third-order valence-electron chi connectivity index (χ3n) is 5.13. The maximum atomic E-state index is 13.1. The second-order valence-electron chi connectivity index (χ2n) is 7.14. The summed E-state index contributed by atoms with van der Waals surface area (Å²) in [5.74, 6) is 3.14. The van der Waals surface area contributed by atoms with Crippen molar-refractivity contribution in [1.82, 2.24) is 5.32 Å². The number of rotatable bonds is 6. The fraction of sp³-hybridized carbons (Fsp3) is 0.240. The van der Waals surface area contributed by atoms with Gasteiger partial charge in [0.25, 0.3) is 5.91 Å². The predicted octanol–water partition coefficient (Wildman–Crippen LogP) is 6.08. The lowest BCUT2D eigenvalue weighted by molar-refractivity contribution is 0.0943. The Hall–Kier alpha value is -2.37. The molecule has 1 unspecified atom stereocenters. The van der Waals surface area contributed by atoms with Crippen LogP contribution in [0.15, 0.2) is 78.9 Å². The van der Waals surface area contributed by atoms with E-state index in [1.54, 1.807) is 7.11 Å². The Morgan fingerprint density at radius 2 is 1.53 bits per heavy atom. The molecule has 1 fully saturated rings. The lowest BCUT2D eigenvalue weighted by Gasteiger charge is -2.22. The molecule has 154 valence electrons. The van der Waals surface area contributed by atoms with Crippen molar-refractivity contribution in [2.45, 2.75) is 17.0 Å². The van der Waals surface area contributed by atoms with Crippen molar-refractivity contribution in [3.63, 3.8) is 0 Å². The quantitative estimate of drug-likeness (QED) is 0.509. The summed E-state index contributed by atoms with van der Waals surface area (Å²) >= 11 is 3.98. The molecule has 3 nitrogen and oxygen atoms in total. The minimum atomic E-state index is -0.228. The van der Waals surface area contributed by atoms with E-state index in [-0.39, 0.29) is 11.9 Å². The Balaban J connectivity index is 1.54. The van der Waals surface area contributed by atoms with Gasteiger partial charge < -0.3 is 10.1 Å². The zero-order valence-corrected chi connectivity index (χ0v) is 18.5. The van der Waals surface area contributed by atoms with E-state index < -0.39 is 0 Å². The van der Waals surface area contributed by atoms with Gasteiger partial charge in [-0.1, -0.05) is 54.6 Å². The lowest BCUT2D eigenvalue weighted by atomic mass is 9.98. The molecule has 1 atom stereocenters. The highest BCUT2D eigenvalue weighted by Crippen LogP contribution is 2.43. The van der Waals surface area contributed by atoms with Gasteiger partial charge in [0.15, 0.2) is 0 Å². The van der Waals surface area contributed by atoms with Gasteiger partial charge in [-0.05, 0) is 58.9 Å². The van der Waals surface area contributed by atoms with Gasteiger partial charge in [-0.25, -0.2) is 0 Å². The van der Waals surface area contributed by atoms with Crippen molar-refractivity contribution in [3.05, 3.63) is 101 Å². The third-order valence-corrected chi connectivity index (χ3v) is 8.14. The van der Waals surface area contributed by atoms with E-state index in [1.165, 1.54) is 23.5 Å². The number of ether oxygens (including phenoxy) is 1. The number of benzene rings is 3. The highest BCUT2D eigenvalue weighted by Gasteiger charge is 2.20. The summed E-state index contributed by atoms with van der Waals surface area (Å²) in [4.78, 5) is 13.1. The van der Waals surface area contributed by atoms with Crippen LogP contribution in [0.4, 0.5) is 0 Å². The fourth-order valence-corrected chi connectivity index (χ4v) is 6.38. The van der Waals surface area contributed by atoms with Gasteiger partial charge in [-0.3, -0.25) is 4.79 Å². The normalized spacial score (nSPS) is 15.4. The number of hydrogen-bond acceptors (Lipinski definition) is 4. The highest BCUT2D eigenvalue weighted by atomic mass is 32.2. The van der Waals surface area contributed by atoms with Crippen molar-refractivity contribution in [1.29, 1.82) is 0 Å². The Kier molecular flexibility index (Phi) is 7.03. The average molecular weight is 436 g/mol. The van der Waals surface area contributed by atoms with Crippen molar-refractivity contribution < 1.29 is 9.53 Å². The van der Waals surface area contributed by atoms with Crippen LogP contribution < -0.4 is 10.1 Å². The first kappa shape index (κ1) is 20.9. The summed E-state index contributed by atoms with van der Waals surface area (Å²) in [6.45, 7) is 0. The van der Waals surface area contributed by atoms with Crippen molar-refractivity contribution >= 4 is 29.4 Å². The first-order chi connectivity index (χ1) is 14.7. The maximum absolute atomic E-state index is 13.1. The zero-order valence-electron chi connectivity index (χ0n) is 16.9. The van der Waals surface area contributed by atoms with E-state index in [0.29, 0.717) is 10.1 Å². The minimum absolute atomic E-state index is 0.0739. The van der Waals surface area contributed by atoms with Crippen molar-refractivity contribution in [2.75, 3.05) is 18.6 Å². The Labute approximate surface area is 186 Å². The fourth-order valence-electron chi connectivity index (χ4n) is 3.49. The van der Waals surface area contributed by atoms with E-state index in [9.17, 15) is 4.79 Å². The van der Waals surface area contributed by atoms with Crippen LogP contribution in [0.3, 0.4) is 0 Å². The summed E-state index contributed by atoms with van der Waals surface area (Å²) in [5, 5.41) is 3.21. The number of carbonyl (C=O) groups excluding carboxylic acids is 1. The summed E-state index contributed by atoms with van der Waals surface area (Å²) in [6.07, 6.45) is 1.28. The van der Waals surface area contributed by atoms with Crippen LogP contribution in [-0.2, 0) is 0 Å². The highest BCUT2D eigenvalue weighted by molar-refractivity contribution is 8.16. The molecule has 3 aromatic carbocycles. The monoisotopic (exact) mass is 435 g/mol. The molecule has 0 radical (unpaired) electrons. The molecule has 30 heavy (non-hydrogen) atoms. The zero-order chi connectivity index (χ0) is 20.8. The molecular weight excluding hydrogens is 410 g/mol. The van der Waals surface area contributed by atoms with E-state index in [2.05, 4.69) is 17.4 Å². The molecule has 4 rings (SSSR count). The SMILES string of the molecule is COc1ccc(C(NC(=O)c2ccc(C3SCCCS3)cc2)c2ccccc2)cc1. The molecule has 0 aliphatic carbocycles. The third kappa shape index (κ3) is 5.02. The molecule has 1 N–H and O–H groups in total. The largest absolute Gasteiger partial charge is 0.497 e. The van der Waals surface area contributed by atoms with Gasteiger partial charge in [0.1, 0.15) is 5.75 Å². The predicted molar refractivity (Wildman–Crippen MR) is 127 cm³/mol. The maximum Gasteiger partial charge on any atom is 0.252 e. The van der Waals surface area contributed by atoms with Crippen molar-refractivity contribution in [2.24, 2.45) is 0 Å². The first-order valence-corrected chi connectivity index (χ1v) is 12.2. The molecule has 0 bridgehead atoms. The van der Waals surface area contributed by atoms with E-state index >= 15 is 0 Å². The number of thioether (sulfide) groups is 2. The summed E-state index contributed by atoms with van der Waals surface area (Å²) in [6, 6.07) is 25.7. The Bertz CT molecular complexity index is 953. The second kappa shape index (κ2) is 10.1. The first-order valence-electron chi connectivity index (χ1n) is 10.1. The van der Waals surface area contributed by atoms with Crippen molar-refractivity contribution in [3.8, 4) is 5.75 Å². The van der Waals surface area contributed by atoms with E-state index in [1.807, 2.05) is 90.3 Å². The van der Waals surface area contributed by atoms with E-state index in [4.69, 9.17) is 4.74 Å². The van der Waals surface area contributed by atoms with Gasteiger partial charge in [0.2, 0.25) is 0 Å². The van der Waals surface area contributed by atoms with Crippen LogP contribution in [0.2, 0.25) is 0 Å². The van der Waals surface area contributed by atoms with Gasteiger partial charge in [0.05, 0.1) is 17.7 Å². The molecule has 1 amide bonds. The van der Waals surface area contributed by atoms with Crippen LogP contribution in [0.1, 0.15) is 44.1 Å². The number of methoxy groups -OCH3 is 1. The number of amides is 1. The smallest absolute Gasteiger partial charge is 0.252 e.